The molecule has 172 valence electrons. The molecule has 1 aliphatic carbocycles. The molecule has 1 atom stereocenters. The van der Waals surface area contributed by atoms with E-state index >= 15 is 0 Å². The molecule has 0 spiro atoms. The quantitative estimate of drug-likeness (QED) is 0.707. The molecule has 0 aromatic carbocycles. The summed E-state index contributed by atoms with van der Waals surface area (Å²) < 4.78 is 5.77. The van der Waals surface area contributed by atoms with Gasteiger partial charge in [0.1, 0.15) is 5.82 Å². The largest absolute Gasteiger partial charge is 0.353 e. The first-order valence-electron chi connectivity index (χ1n) is 12.2. The number of carbonyl (C=O) groups excluding carboxylic acids is 1. The molecule has 3 aliphatic rings. The minimum Gasteiger partial charge on any atom is -0.353 e. The predicted octanol–water partition coefficient (Wildman–Crippen LogP) is 3.52. The van der Waals surface area contributed by atoms with E-state index in [4.69, 9.17) is 9.51 Å². The molecule has 1 saturated carbocycles. The number of carbonyl (C=O) groups is 1. The van der Waals surface area contributed by atoms with Crippen LogP contribution in [0.15, 0.2) is 22.9 Å². The lowest BCUT2D eigenvalue weighted by Gasteiger charge is -2.34. The minimum absolute atomic E-state index is 0.134. The molecule has 2 aromatic heterocycles. The van der Waals surface area contributed by atoms with Crippen LogP contribution in [0.3, 0.4) is 0 Å². The van der Waals surface area contributed by atoms with E-state index in [2.05, 4.69) is 19.9 Å². The molecule has 5 rings (SSSR count). The molecular weight excluding hydrogens is 404 g/mol. The van der Waals surface area contributed by atoms with Crippen LogP contribution in [0.25, 0.3) is 11.4 Å². The van der Waals surface area contributed by atoms with Gasteiger partial charge < -0.3 is 14.3 Å². The van der Waals surface area contributed by atoms with E-state index in [9.17, 15) is 4.79 Å². The van der Waals surface area contributed by atoms with Crippen molar-refractivity contribution < 1.29 is 9.32 Å². The Labute approximate surface area is 190 Å². The molecule has 2 aliphatic heterocycles. The fourth-order valence-electron chi connectivity index (χ4n) is 5.49. The first-order valence-corrected chi connectivity index (χ1v) is 12.2. The lowest BCUT2D eigenvalue weighted by atomic mass is 9.89. The van der Waals surface area contributed by atoms with Gasteiger partial charge in [0.15, 0.2) is 0 Å². The minimum atomic E-state index is 0.134. The first kappa shape index (κ1) is 21.4. The van der Waals surface area contributed by atoms with Crippen molar-refractivity contribution in [1.29, 1.82) is 0 Å². The Kier molecular flexibility index (Phi) is 6.39. The lowest BCUT2D eigenvalue weighted by molar-refractivity contribution is -0.129. The summed E-state index contributed by atoms with van der Waals surface area (Å²) >= 11 is 0. The van der Waals surface area contributed by atoms with Crippen molar-refractivity contribution in [3.63, 3.8) is 0 Å². The maximum atomic E-state index is 11.6. The smallest absolute Gasteiger partial charge is 0.244 e. The van der Waals surface area contributed by atoms with Gasteiger partial charge in [-0.05, 0) is 50.3 Å². The van der Waals surface area contributed by atoms with Crippen molar-refractivity contribution in [3.8, 4) is 11.4 Å². The summed E-state index contributed by atoms with van der Waals surface area (Å²) in [5.74, 6) is 3.24. The Morgan fingerprint density at radius 3 is 2.66 bits per heavy atom. The van der Waals surface area contributed by atoms with E-state index in [-0.39, 0.29) is 11.9 Å². The summed E-state index contributed by atoms with van der Waals surface area (Å²) in [4.78, 5) is 27.6. The maximum absolute atomic E-state index is 11.6. The molecule has 8 heteroatoms. The molecule has 0 radical (unpaired) electrons. The van der Waals surface area contributed by atoms with Crippen LogP contribution in [0, 0.1) is 5.92 Å². The van der Waals surface area contributed by atoms with Crippen molar-refractivity contribution in [2.75, 3.05) is 44.2 Å². The predicted molar refractivity (Wildman–Crippen MR) is 122 cm³/mol. The highest BCUT2D eigenvalue weighted by Gasteiger charge is 2.32. The van der Waals surface area contributed by atoms with E-state index in [1.807, 2.05) is 23.2 Å². The number of piperazine rings is 1. The normalized spacial score (nSPS) is 23.1. The summed E-state index contributed by atoms with van der Waals surface area (Å²) in [5, 5.41) is 4.32. The van der Waals surface area contributed by atoms with Crippen molar-refractivity contribution in [2.45, 2.75) is 57.9 Å². The number of amides is 1. The molecule has 2 aromatic rings. The third-order valence-corrected chi connectivity index (χ3v) is 7.36. The fraction of sp³-hybridized carbons (Fsp3) is 0.667. The van der Waals surface area contributed by atoms with Crippen molar-refractivity contribution in [1.82, 2.24) is 24.9 Å². The maximum Gasteiger partial charge on any atom is 0.244 e. The highest BCUT2D eigenvalue weighted by molar-refractivity contribution is 5.73. The number of hydrogen-bond acceptors (Lipinski definition) is 7. The number of pyridine rings is 1. The molecule has 3 fully saturated rings. The highest BCUT2D eigenvalue weighted by atomic mass is 16.5. The zero-order chi connectivity index (χ0) is 21.9. The zero-order valence-corrected chi connectivity index (χ0v) is 19.1. The van der Waals surface area contributed by atoms with E-state index in [1.54, 1.807) is 6.92 Å². The van der Waals surface area contributed by atoms with Gasteiger partial charge in [-0.15, -0.1) is 0 Å². The Morgan fingerprint density at radius 2 is 1.88 bits per heavy atom. The topological polar surface area (TPSA) is 78.6 Å². The van der Waals surface area contributed by atoms with Gasteiger partial charge in [0.05, 0.1) is 6.04 Å². The Balaban J connectivity index is 1.26. The Hall–Kier alpha value is -2.48. The van der Waals surface area contributed by atoms with Crippen LogP contribution in [0.5, 0.6) is 0 Å². The van der Waals surface area contributed by atoms with Gasteiger partial charge in [0.25, 0.3) is 0 Å². The van der Waals surface area contributed by atoms with Gasteiger partial charge in [-0.2, -0.15) is 4.98 Å². The standard InChI is InChI=1S/C24H34N6O2/c1-18(31)28-12-14-29(15-13-28)22-16-20(9-10-25-22)23-26-24(32-27-23)21-8-5-11-30(21)17-19-6-3-2-4-7-19/h9-10,16,19,21H,2-8,11-15,17H2,1H3/t21-/m0/s1. The van der Waals surface area contributed by atoms with E-state index in [1.165, 1.54) is 38.5 Å². The molecule has 8 nitrogen and oxygen atoms in total. The van der Waals surface area contributed by atoms with Crippen LogP contribution in [0.2, 0.25) is 0 Å². The lowest BCUT2D eigenvalue weighted by Crippen LogP contribution is -2.48. The van der Waals surface area contributed by atoms with E-state index in [0.717, 1.165) is 68.9 Å². The second-order valence-electron chi connectivity index (χ2n) is 9.51. The second-order valence-corrected chi connectivity index (χ2v) is 9.51. The SMILES string of the molecule is CC(=O)N1CCN(c2cc(-c3noc([C@@H]4CCCN4CC4CCCCC4)n3)ccn2)CC1. The van der Waals surface area contributed by atoms with Crippen LogP contribution in [0.1, 0.15) is 63.8 Å². The Morgan fingerprint density at radius 1 is 1.06 bits per heavy atom. The van der Waals surface area contributed by atoms with Gasteiger partial charge in [0, 0.05) is 51.4 Å². The van der Waals surface area contributed by atoms with Crippen LogP contribution in [0.4, 0.5) is 5.82 Å². The summed E-state index contributed by atoms with van der Waals surface area (Å²) in [5.41, 5.74) is 0.927. The van der Waals surface area contributed by atoms with Gasteiger partial charge >= 0.3 is 0 Å². The highest BCUT2D eigenvalue weighted by Crippen LogP contribution is 2.35. The molecule has 0 unspecified atom stereocenters. The first-order chi connectivity index (χ1) is 15.7. The van der Waals surface area contributed by atoms with Crippen LogP contribution in [-0.4, -0.2) is 70.1 Å². The monoisotopic (exact) mass is 438 g/mol. The number of rotatable bonds is 5. The van der Waals surface area contributed by atoms with E-state index in [0.29, 0.717) is 5.82 Å². The molecule has 0 bridgehead atoms. The molecule has 1 amide bonds. The number of nitrogens with zero attached hydrogens (tertiary/aromatic N) is 6. The van der Waals surface area contributed by atoms with Crippen LogP contribution < -0.4 is 4.90 Å². The molecule has 0 N–H and O–H groups in total. The average Bonchev–Trinajstić information content (AvgIpc) is 3.49. The molecular formula is C24H34N6O2. The third-order valence-electron chi connectivity index (χ3n) is 7.36. The summed E-state index contributed by atoms with van der Waals surface area (Å²) in [6.45, 7) is 6.94. The van der Waals surface area contributed by atoms with Crippen molar-refractivity contribution >= 4 is 11.7 Å². The number of hydrogen-bond donors (Lipinski definition) is 0. The number of aromatic nitrogens is 3. The number of anilines is 1. The van der Waals surface area contributed by atoms with Gasteiger partial charge in [-0.25, -0.2) is 4.98 Å². The fourth-order valence-corrected chi connectivity index (χ4v) is 5.49. The number of likely N-dealkylation sites (tertiary alicyclic amines) is 1. The Bertz CT molecular complexity index is 917. The zero-order valence-electron chi connectivity index (χ0n) is 19.1. The summed E-state index contributed by atoms with van der Waals surface area (Å²) in [6, 6.07) is 4.23. The van der Waals surface area contributed by atoms with Crippen molar-refractivity contribution in [2.24, 2.45) is 5.92 Å². The molecule has 32 heavy (non-hydrogen) atoms. The van der Waals surface area contributed by atoms with Crippen molar-refractivity contribution in [3.05, 3.63) is 24.2 Å². The van der Waals surface area contributed by atoms with E-state index < -0.39 is 0 Å². The van der Waals surface area contributed by atoms with Crippen LogP contribution in [-0.2, 0) is 4.79 Å². The third kappa shape index (κ3) is 4.65. The molecule has 4 heterocycles. The molecule has 2 saturated heterocycles. The summed E-state index contributed by atoms with van der Waals surface area (Å²) in [6.07, 6.45) is 11.0. The van der Waals surface area contributed by atoms with Gasteiger partial charge in [0.2, 0.25) is 17.6 Å². The van der Waals surface area contributed by atoms with Gasteiger partial charge in [-0.1, -0.05) is 24.4 Å². The summed E-state index contributed by atoms with van der Waals surface area (Å²) in [7, 11) is 0. The second kappa shape index (κ2) is 9.57. The van der Waals surface area contributed by atoms with Crippen LogP contribution >= 0.6 is 0 Å². The van der Waals surface area contributed by atoms with Gasteiger partial charge in [-0.3, -0.25) is 9.69 Å². The average molecular weight is 439 g/mol.